The maximum absolute atomic E-state index is 11.1. The Balaban J connectivity index is 2.62. The zero-order valence-electron chi connectivity index (χ0n) is 9.52. The number of esters is 1. The summed E-state index contributed by atoms with van der Waals surface area (Å²) >= 11 is 0. The molecule has 0 bridgehead atoms. The molecule has 0 atom stereocenters. The van der Waals surface area contributed by atoms with Gasteiger partial charge in [-0.25, -0.2) is 4.79 Å². The van der Waals surface area contributed by atoms with Gasteiger partial charge in [0.05, 0.1) is 12.7 Å². The molecule has 0 radical (unpaired) electrons. The molecule has 0 aliphatic heterocycles. The van der Waals surface area contributed by atoms with Crippen molar-refractivity contribution in [2.45, 2.75) is 19.4 Å². The molecule has 0 aromatic carbocycles. The Morgan fingerprint density at radius 1 is 1.50 bits per heavy atom. The molecule has 1 aromatic rings. The maximum atomic E-state index is 11.1. The fourth-order valence-corrected chi connectivity index (χ4v) is 0.947. The van der Waals surface area contributed by atoms with Crippen LogP contribution in [0.4, 0.5) is 5.82 Å². The van der Waals surface area contributed by atoms with E-state index in [1.165, 1.54) is 13.2 Å². The molecule has 0 saturated carbocycles. The van der Waals surface area contributed by atoms with Gasteiger partial charge in [0.2, 0.25) is 0 Å². The summed E-state index contributed by atoms with van der Waals surface area (Å²) in [6.45, 7) is 3.70. The average molecular weight is 225 g/mol. The molecule has 16 heavy (non-hydrogen) atoms. The van der Waals surface area contributed by atoms with Crippen molar-refractivity contribution in [1.29, 1.82) is 0 Å². The average Bonchev–Trinajstić information content (AvgIpc) is 2.25. The van der Waals surface area contributed by atoms with Gasteiger partial charge in [-0.3, -0.25) is 0 Å². The molecule has 6 heteroatoms. The minimum atomic E-state index is -0.831. The number of methoxy groups -OCH3 is 1. The van der Waals surface area contributed by atoms with Gasteiger partial charge in [-0.05, 0) is 26.0 Å². The van der Waals surface area contributed by atoms with Gasteiger partial charge in [-0.1, -0.05) is 0 Å². The molecular weight excluding hydrogens is 210 g/mol. The third-order valence-corrected chi connectivity index (χ3v) is 1.76. The van der Waals surface area contributed by atoms with E-state index >= 15 is 0 Å². The molecule has 0 fully saturated rings. The first-order valence-electron chi connectivity index (χ1n) is 4.81. The van der Waals surface area contributed by atoms with Gasteiger partial charge in [-0.15, -0.1) is 10.2 Å². The topological polar surface area (TPSA) is 84.3 Å². The van der Waals surface area contributed by atoms with E-state index in [4.69, 9.17) is 0 Å². The number of nitrogens with zero attached hydrogens (tertiary/aromatic N) is 2. The number of rotatable bonds is 4. The van der Waals surface area contributed by atoms with E-state index in [0.29, 0.717) is 12.4 Å². The number of anilines is 1. The number of aliphatic hydroxyl groups is 1. The molecule has 0 aliphatic rings. The third kappa shape index (κ3) is 3.82. The van der Waals surface area contributed by atoms with E-state index in [1.54, 1.807) is 19.9 Å². The summed E-state index contributed by atoms with van der Waals surface area (Å²) in [5.74, 6) is -0.0312. The highest BCUT2D eigenvalue weighted by Gasteiger charge is 2.12. The van der Waals surface area contributed by atoms with E-state index in [-0.39, 0.29) is 5.69 Å². The van der Waals surface area contributed by atoms with Crippen molar-refractivity contribution in [3.8, 4) is 0 Å². The zero-order chi connectivity index (χ0) is 12.2. The number of ether oxygens (including phenoxy) is 1. The first-order valence-corrected chi connectivity index (χ1v) is 4.81. The minimum absolute atomic E-state index is 0.149. The Labute approximate surface area is 93.6 Å². The molecule has 0 spiro atoms. The molecule has 6 nitrogen and oxygen atoms in total. The molecule has 1 aromatic heterocycles. The summed E-state index contributed by atoms with van der Waals surface area (Å²) in [6, 6.07) is 3.11. The number of nitrogens with one attached hydrogen (secondary N) is 1. The van der Waals surface area contributed by atoms with Gasteiger partial charge in [0.25, 0.3) is 0 Å². The molecule has 1 heterocycles. The summed E-state index contributed by atoms with van der Waals surface area (Å²) in [6.07, 6.45) is 0. The molecule has 0 saturated heterocycles. The van der Waals surface area contributed by atoms with E-state index < -0.39 is 11.6 Å². The summed E-state index contributed by atoms with van der Waals surface area (Å²) in [4.78, 5) is 11.1. The predicted octanol–water partition coefficient (Wildman–Crippen LogP) is 0.446. The summed E-state index contributed by atoms with van der Waals surface area (Å²) in [7, 11) is 1.28. The lowest BCUT2D eigenvalue weighted by Crippen LogP contribution is -2.29. The minimum Gasteiger partial charge on any atom is -0.464 e. The maximum Gasteiger partial charge on any atom is 0.358 e. The molecular formula is C10H15N3O3. The van der Waals surface area contributed by atoms with Gasteiger partial charge < -0.3 is 15.2 Å². The Morgan fingerprint density at radius 3 is 2.62 bits per heavy atom. The standard InChI is InChI=1S/C10H15N3O3/c1-10(2,15)6-11-8-5-4-7(12-13-8)9(14)16-3/h4-5,15H,6H2,1-3H3,(H,11,13). The van der Waals surface area contributed by atoms with Crippen molar-refractivity contribution in [1.82, 2.24) is 10.2 Å². The summed E-state index contributed by atoms with van der Waals surface area (Å²) < 4.78 is 4.49. The summed E-state index contributed by atoms with van der Waals surface area (Å²) in [5.41, 5.74) is -0.681. The highest BCUT2D eigenvalue weighted by Crippen LogP contribution is 2.06. The first kappa shape index (κ1) is 12.4. The monoisotopic (exact) mass is 225 g/mol. The number of aromatic nitrogens is 2. The zero-order valence-corrected chi connectivity index (χ0v) is 9.52. The lowest BCUT2D eigenvalue weighted by atomic mass is 10.1. The largest absolute Gasteiger partial charge is 0.464 e. The van der Waals surface area contributed by atoms with Gasteiger partial charge in [0.15, 0.2) is 5.69 Å². The van der Waals surface area contributed by atoms with Crippen LogP contribution in [-0.4, -0.2) is 40.5 Å². The van der Waals surface area contributed by atoms with E-state index in [2.05, 4.69) is 20.3 Å². The van der Waals surface area contributed by atoms with Crippen LogP contribution >= 0.6 is 0 Å². The molecule has 0 aliphatic carbocycles. The van der Waals surface area contributed by atoms with Crippen LogP contribution in [0.25, 0.3) is 0 Å². The highest BCUT2D eigenvalue weighted by molar-refractivity contribution is 5.86. The Hall–Kier alpha value is -1.69. The van der Waals surface area contributed by atoms with Crippen molar-refractivity contribution in [2.75, 3.05) is 19.0 Å². The lowest BCUT2D eigenvalue weighted by Gasteiger charge is -2.17. The van der Waals surface area contributed by atoms with Crippen molar-refractivity contribution in [3.05, 3.63) is 17.8 Å². The van der Waals surface area contributed by atoms with Crippen LogP contribution in [0.15, 0.2) is 12.1 Å². The van der Waals surface area contributed by atoms with E-state index in [0.717, 1.165) is 0 Å². The van der Waals surface area contributed by atoms with E-state index in [1.807, 2.05) is 0 Å². The van der Waals surface area contributed by atoms with Crippen molar-refractivity contribution in [3.63, 3.8) is 0 Å². The second-order valence-corrected chi connectivity index (χ2v) is 3.96. The Bertz CT molecular complexity index is 357. The third-order valence-electron chi connectivity index (χ3n) is 1.76. The van der Waals surface area contributed by atoms with Crippen molar-refractivity contribution in [2.24, 2.45) is 0 Å². The normalized spacial score (nSPS) is 11.0. The van der Waals surface area contributed by atoms with Crippen molar-refractivity contribution >= 4 is 11.8 Å². The van der Waals surface area contributed by atoms with Gasteiger partial charge in [0.1, 0.15) is 5.82 Å². The first-order chi connectivity index (χ1) is 7.42. The number of carbonyl (C=O) groups is 1. The SMILES string of the molecule is COC(=O)c1ccc(NCC(C)(C)O)nn1. The van der Waals surface area contributed by atoms with Crippen LogP contribution in [-0.2, 0) is 4.74 Å². The number of hydrogen-bond acceptors (Lipinski definition) is 6. The quantitative estimate of drug-likeness (QED) is 0.723. The van der Waals surface area contributed by atoms with Crippen LogP contribution in [0.2, 0.25) is 0 Å². The van der Waals surface area contributed by atoms with Gasteiger partial charge >= 0.3 is 5.97 Å². The molecule has 0 amide bonds. The van der Waals surface area contributed by atoms with Crippen molar-refractivity contribution < 1.29 is 14.6 Å². The number of carbonyl (C=O) groups excluding carboxylic acids is 1. The smallest absolute Gasteiger partial charge is 0.358 e. The molecule has 0 unspecified atom stereocenters. The fourth-order valence-electron chi connectivity index (χ4n) is 0.947. The Kier molecular flexibility index (Phi) is 3.78. The van der Waals surface area contributed by atoms with Crippen LogP contribution in [0.1, 0.15) is 24.3 Å². The predicted molar refractivity (Wildman–Crippen MR) is 58.2 cm³/mol. The molecule has 1 rings (SSSR count). The summed E-state index contributed by atoms with van der Waals surface area (Å²) in [5, 5.41) is 19.8. The Morgan fingerprint density at radius 2 is 2.19 bits per heavy atom. The van der Waals surface area contributed by atoms with Crippen LogP contribution < -0.4 is 5.32 Å². The fraction of sp³-hybridized carbons (Fsp3) is 0.500. The molecule has 2 N–H and O–H groups in total. The lowest BCUT2D eigenvalue weighted by molar-refractivity contribution is 0.0592. The van der Waals surface area contributed by atoms with Gasteiger partial charge in [0, 0.05) is 6.54 Å². The van der Waals surface area contributed by atoms with Crippen LogP contribution in [0, 0.1) is 0 Å². The van der Waals surface area contributed by atoms with Crippen LogP contribution in [0.3, 0.4) is 0 Å². The highest BCUT2D eigenvalue weighted by atomic mass is 16.5. The van der Waals surface area contributed by atoms with Gasteiger partial charge in [-0.2, -0.15) is 0 Å². The number of hydrogen-bond donors (Lipinski definition) is 2. The van der Waals surface area contributed by atoms with Crippen LogP contribution in [0.5, 0.6) is 0 Å². The second-order valence-electron chi connectivity index (χ2n) is 3.96. The van der Waals surface area contributed by atoms with E-state index in [9.17, 15) is 9.90 Å². The second kappa shape index (κ2) is 4.89. The molecule has 88 valence electrons.